The topological polar surface area (TPSA) is 100 Å². The number of hydrazine groups is 1. The summed E-state index contributed by atoms with van der Waals surface area (Å²) < 4.78 is 27.1. The summed E-state index contributed by atoms with van der Waals surface area (Å²) in [5.41, 5.74) is 2.34. The van der Waals surface area contributed by atoms with Crippen molar-refractivity contribution < 1.29 is 8.42 Å². The maximum absolute atomic E-state index is 12.2. The Morgan fingerprint density at radius 1 is 1.50 bits per heavy atom. The lowest BCUT2D eigenvalue weighted by Crippen LogP contribution is -2.44. The molecule has 2 heterocycles. The Hall–Kier alpha value is -1.22. The van der Waals surface area contributed by atoms with Crippen molar-refractivity contribution in [2.24, 2.45) is 5.84 Å². The molecular formula is C12H21N5O2S. The molecule has 1 aliphatic heterocycles. The van der Waals surface area contributed by atoms with Gasteiger partial charge in [-0.05, 0) is 32.5 Å². The van der Waals surface area contributed by atoms with Crippen molar-refractivity contribution in [2.45, 2.75) is 30.2 Å². The minimum atomic E-state index is -3.53. The Kier molecular flexibility index (Phi) is 4.92. The first-order chi connectivity index (χ1) is 9.53. The molecular weight excluding hydrogens is 278 g/mol. The van der Waals surface area contributed by atoms with Crippen LogP contribution in [-0.4, -0.2) is 44.5 Å². The number of sulfonamides is 1. The number of rotatable bonds is 5. The van der Waals surface area contributed by atoms with E-state index in [2.05, 4.69) is 20.0 Å². The van der Waals surface area contributed by atoms with E-state index in [-0.39, 0.29) is 10.9 Å². The summed E-state index contributed by atoms with van der Waals surface area (Å²) in [4.78, 5) is 6.26. The molecule has 1 unspecified atom stereocenters. The summed E-state index contributed by atoms with van der Waals surface area (Å²) in [7, 11) is -1.50. The number of nitrogens with one attached hydrogen (secondary N) is 2. The van der Waals surface area contributed by atoms with E-state index >= 15 is 0 Å². The van der Waals surface area contributed by atoms with Crippen LogP contribution in [0.1, 0.15) is 19.3 Å². The van der Waals surface area contributed by atoms with Gasteiger partial charge in [-0.1, -0.05) is 6.42 Å². The van der Waals surface area contributed by atoms with Crippen molar-refractivity contribution >= 4 is 15.8 Å². The van der Waals surface area contributed by atoms with Gasteiger partial charge in [0.25, 0.3) is 0 Å². The van der Waals surface area contributed by atoms with Crippen molar-refractivity contribution in [3.63, 3.8) is 0 Å². The molecule has 1 aromatic heterocycles. The van der Waals surface area contributed by atoms with Crippen LogP contribution in [0.4, 0.5) is 5.82 Å². The molecule has 0 amide bonds. The lowest BCUT2D eigenvalue weighted by atomic mass is 10.0. The SMILES string of the molecule is CN1CCCCC1CNS(=O)(=O)c1ccnc(NN)c1. The number of nitrogens with zero attached hydrogens (tertiary/aromatic N) is 2. The van der Waals surface area contributed by atoms with Gasteiger partial charge in [0.05, 0.1) is 4.90 Å². The van der Waals surface area contributed by atoms with E-state index < -0.39 is 10.0 Å². The van der Waals surface area contributed by atoms with Gasteiger partial charge in [0.2, 0.25) is 10.0 Å². The molecule has 0 aliphatic carbocycles. The summed E-state index contributed by atoms with van der Waals surface area (Å²) in [6.07, 6.45) is 4.75. The van der Waals surface area contributed by atoms with Gasteiger partial charge in [-0.15, -0.1) is 0 Å². The van der Waals surface area contributed by atoms with Crippen LogP contribution in [0.25, 0.3) is 0 Å². The van der Waals surface area contributed by atoms with Gasteiger partial charge in [0.1, 0.15) is 5.82 Å². The molecule has 0 spiro atoms. The third-order valence-electron chi connectivity index (χ3n) is 3.62. The van der Waals surface area contributed by atoms with Crippen LogP contribution >= 0.6 is 0 Å². The van der Waals surface area contributed by atoms with Gasteiger partial charge >= 0.3 is 0 Å². The monoisotopic (exact) mass is 299 g/mol. The zero-order chi connectivity index (χ0) is 14.6. The van der Waals surface area contributed by atoms with Crippen molar-refractivity contribution in [3.05, 3.63) is 18.3 Å². The first-order valence-corrected chi connectivity index (χ1v) is 8.14. The summed E-state index contributed by atoms with van der Waals surface area (Å²) in [5.74, 6) is 5.56. The van der Waals surface area contributed by atoms with Gasteiger partial charge in [0.15, 0.2) is 0 Å². The summed E-state index contributed by atoms with van der Waals surface area (Å²) in [6.45, 7) is 1.44. The Labute approximate surface area is 119 Å². The molecule has 7 nitrogen and oxygen atoms in total. The molecule has 112 valence electrons. The summed E-state index contributed by atoms with van der Waals surface area (Å²) >= 11 is 0. The van der Waals surface area contributed by atoms with E-state index in [0.29, 0.717) is 12.4 Å². The highest BCUT2D eigenvalue weighted by atomic mass is 32.2. The largest absolute Gasteiger partial charge is 0.308 e. The summed E-state index contributed by atoms with van der Waals surface area (Å²) in [5, 5.41) is 0. The predicted octanol–water partition coefficient (Wildman–Crippen LogP) is 0.130. The molecule has 1 fully saturated rings. The fourth-order valence-electron chi connectivity index (χ4n) is 2.35. The second kappa shape index (κ2) is 6.49. The smallest absolute Gasteiger partial charge is 0.240 e. The number of aromatic nitrogens is 1. The van der Waals surface area contributed by atoms with Crippen molar-refractivity contribution in [3.8, 4) is 0 Å². The number of piperidine rings is 1. The molecule has 1 atom stereocenters. The zero-order valence-corrected chi connectivity index (χ0v) is 12.4. The van der Waals surface area contributed by atoms with Crippen LogP contribution in [-0.2, 0) is 10.0 Å². The normalized spacial score (nSPS) is 20.8. The predicted molar refractivity (Wildman–Crippen MR) is 77.5 cm³/mol. The Morgan fingerprint density at radius 3 is 3.00 bits per heavy atom. The third kappa shape index (κ3) is 3.66. The Balaban J connectivity index is 2.03. The minimum Gasteiger partial charge on any atom is -0.308 e. The first kappa shape index (κ1) is 15.2. The van der Waals surface area contributed by atoms with Crippen molar-refractivity contribution in [1.29, 1.82) is 0 Å². The number of hydrogen-bond acceptors (Lipinski definition) is 6. The maximum Gasteiger partial charge on any atom is 0.240 e. The lowest BCUT2D eigenvalue weighted by Gasteiger charge is -2.32. The highest BCUT2D eigenvalue weighted by molar-refractivity contribution is 7.89. The highest BCUT2D eigenvalue weighted by Gasteiger charge is 2.22. The number of nitrogen functional groups attached to an aromatic ring is 1. The van der Waals surface area contributed by atoms with Gasteiger partial charge < -0.3 is 10.3 Å². The van der Waals surface area contributed by atoms with Crippen molar-refractivity contribution in [1.82, 2.24) is 14.6 Å². The van der Waals surface area contributed by atoms with Gasteiger partial charge in [-0.25, -0.2) is 24.0 Å². The highest BCUT2D eigenvalue weighted by Crippen LogP contribution is 2.16. The van der Waals surface area contributed by atoms with E-state index in [1.54, 1.807) is 0 Å². The van der Waals surface area contributed by atoms with E-state index in [1.165, 1.54) is 24.8 Å². The van der Waals surface area contributed by atoms with E-state index in [4.69, 9.17) is 5.84 Å². The first-order valence-electron chi connectivity index (χ1n) is 6.65. The second-order valence-corrected chi connectivity index (χ2v) is 6.77. The molecule has 8 heteroatoms. The van der Waals surface area contributed by atoms with Crippen LogP contribution < -0.4 is 16.0 Å². The second-order valence-electron chi connectivity index (χ2n) is 5.00. The number of hydrogen-bond donors (Lipinski definition) is 3. The van der Waals surface area contributed by atoms with E-state index in [9.17, 15) is 8.42 Å². The zero-order valence-electron chi connectivity index (χ0n) is 11.5. The maximum atomic E-state index is 12.2. The molecule has 20 heavy (non-hydrogen) atoms. The number of nitrogens with two attached hydrogens (primary N) is 1. The Bertz CT molecular complexity index is 549. The Morgan fingerprint density at radius 2 is 2.30 bits per heavy atom. The quantitative estimate of drug-likeness (QED) is 0.528. The average molecular weight is 299 g/mol. The van der Waals surface area contributed by atoms with Crippen LogP contribution in [0.5, 0.6) is 0 Å². The van der Waals surface area contributed by atoms with Crippen LogP contribution in [0.3, 0.4) is 0 Å². The van der Waals surface area contributed by atoms with E-state index in [1.807, 2.05) is 7.05 Å². The lowest BCUT2D eigenvalue weighted by molar-refractivity contribution is 0.187. The summed E-state index contributed by atoms with van der Waals surface area (Å²) in [6, 6.07) is 3.12. The molecule has 1 saturated heterocycles. The molecule has 0 radical (unpaired) electrons. The van der Waals surface area contributed by atoms with Crippen LogP contribution in [0.2, 0.25) is 0 Å². The number of likely N-dealkylation sites (N-methyl/N-ethyl adjacent to an activating group) is 1. The third-order valence-corrected chi connectivity index (χ3v) is 5.04. The molecule has 0 aromatic carbocycles. The van der Waals surface area contributed by atoms with Gasteiger partial charge in [0, 0.05) is 24.8 Å². The van der Waals surface area contributed by atoms with E-state index in [0.717, 1.165) is 19.4 Å². The van der Waals surface area contributed by atoms with Crippen LogP contribution in [0, 0.1) is 0 Å². The molecule has 4 N–H and O–H groups in total. The molecule has 1 aliphatic rings. The fraction of sp³-hybridized carbons (Fsp3) is 0.583. The van der Waals surface area contributed by atoms with Crippen molar-refractivity contribution in [2.75, 3.05) is 25.6 Å². The van der Waals surface area contributed by atoms with Gasteiger partial charge in [-0.2, -0.15) is 0 Å². The minimum absolute atomic E-state index is 0.166. The number of pyridine rings is 1. The number of likely N-dealkylation sites (tertiary alicyclic amines) is 1. The fourth-order valence-corrected chi connectivity index (χ4v) is 3.43. The average Bonchev–Trinajstić information content (AvgIpc) is 2.46. The van der Waals surface area contributed by atoms with Gasteiger partial charge in [-0.3, -0.25) is 0 Å². The molecule has 1 aromatic rings. The molecule has 0 bridgehead atoms. The molecule has 2 rings (SSSR count). The number of anilines is 1. The van der Waals surface area contributed by atoms with Crippen LogP contribution in [0.15, 0.2) is 23.2 Å². The standard InChI is InChI=1S/C12H21N5O2S/c1-17-7-3-2-4-10(17)9-15-20(18,19)11-5-6-14-12(8-11)16-13/h5-6,8,10,15H,2-4,7,9,13H2,1H3,(H,14,16). The molecule has 0 saturated carbocycles.